The molecule has 1 aliphatic rings. The van der Waals surface area contributed by atoms with E-state index < -0.39 is 5.60 Å². The lowest BCUT2D eigenvalue weighted by atomic mass is 10.0. The van der Waals surface area contributed by atoms with Crippen LogP contribution >= 0.6 is 0 Å². The van der Waals surface area contributed by atoms with Crippen molar-refractivity contribution in [1.29, 1.82) is 0 Å². The SMILES string of the molecule is CC(C)(O)COc1ccc(/C=C/c2cc3c(ccc4c5c(nc43)CCCNC5=O)c[nH]2)cc1. The molecule has 3 heterocycles. The number of pyridine rings is 1. The highest BCUT2D eigenvalue weighted by atomic mass is 16.5. The van der Waals surface area contributed by atoms with E-state index in [9.17, 15) is 9.90 Å². The third-order valence-electron chi connectivity index (χ3n) is 5.78. The minimum Gasteiger partial charge on any atom is -0.491 e. The summed E-state index contributed by atoms with van der Waals surface area (Å²) in [6.45, 7) is 4.37. The number of benzene rings is 2. The Labute approximate surface area is 192 Å². The maximum absolute atomic E-state index is 12.6. The molecule has 0 saturated heterocycles. The lowest BCUT2D eigenvalue weighted by molar-refractivity contribution is 0.0285. The lowest BCUT2D eigenvalue weighted by Crippen LogP contribution is -2.27. The number of aromatic nitrogens is 2. The van der Waals surface area contributed by atoms with Gasteiger partial charge in [0.1, 0.15) is 12.4 Å². The summed E-state index contributed by atoms with van der Waals surface area (Å²) in [6.07, 6.45) is 7.74. The Hall–Kier alpha value is -3.64. The van der Waals surface area contributed by atoms with Crippen LogP contribution in [0.3, 0.4) is 0 Å². The van der Waals surface area contributed by atoms with E-state index >= 15 is 0 Å². The van der Waals surface area contributed by atoms with Crippen LogP contribution in [0, 0.1) is 0 Å². The molecule has 4 aromatic rings. The molecule has 33 heavy (non-hydrogen) atoms. The van der Waals surface area contributed by atoms with Crippen LogP contribution in [0.4, 0.5) is 0 Å². The molecule has 6 nitrogen and oxygen atoms in total. The first kappa shape index (κ1) is 21.2. The molecule has 2 aromatic heterocycles. The van der Waals surface area contributed by atoms with Crippen molar-refractivity contribution in [2.75, 3.05) is 13.2 Å². The van der Waals surface area contributed by atoms with Gasteiger partial charge in [-0.05, 0) is 61.9 Å². The number of carbonyl (C=O) groups is 1. The number of ether oxygens (including phenoxy) is 1. The predicted octanol–water partition coefficient (Wildman–Crippen LogP) is 4.71. The fraction of sp³-hybridized carbons (Fsp3) is 0.259. The number of nitrogens with one attached hydrogen (secondary N) is 2. The minimum absolute atomic E-state index is 0.0260. The van der Waals surface area contributed by atoms with E-state index in [2.05, 4.69) is 16.4 Å². The standard InChI is InChI=1S/C27H27N3O3/c1-27(2,32)16-33-20-10-6-17(7-11-20)5-9-19-14-22-18(15-29-19)8-12-21-24-23(30-25(21)22)4-3-13-28-26(24)31/h5-12,14-15,29,32H,3-4,13,16H2,1-2H3,(H,28,31)/b9-5+. The third kappa shape index (κ3) is 4.47. The Kier molecular flexibility index (Phi) is 5.38. The molecule has 0 spiro atoms. The van der Waals surface area contributed by atoms with Crippen molar-refractivity contribution < 1.29 is 14.6 Å². The van der Waals surface area contributed by atoms with Crippen LogP contribution in [-0.4, -0.2) is 39.7 Å². The molecule has 168 valence electrons. The molecule has 0 unspecified atom stereocenters. The Morgan fingerprint density at radius 2 is 1.94 bits per heavy atom. The van der Waals surface area contributed by atoms with Gasteiger partial charge in [-0.3, -0.25) is 9.78 Å². The maximum atomic E-state index is 12.6. The van der Waals surface area contributed by atoms with Crippen molar-refractivity contribution in [2.24, 2.45) is 0 Å². The molecule has 6 heteroatoms. The van der Waals surface area contributed by atoms with E-state index in [0.29, 0.717) is 6.54 Å². The summed E-state index contributed by atoms with van der Waals surface area (Å²) in [5.41, 5.74) is 3.61. The van der Waals surface area contributed by atoms with E-state index in [1.807, 2.05) is 54.7 Å². The number of carbonyl (C=O) groups excluding carboxylic acids is 1. The number of aryl methyl sites for hydroxylation is 1. The van der Waals surface area contributed by atoms with Crippen LogP contribution in [0.1, 0.15) is 47.6 Å². The average molecular weight is 442 g/mol. The topological polar surface area (TPSA) is 87.2 Å². The molecular formula is C27H27N3O3. The normalized spacial score (nSPS) is 14.5. The van der Waals surface area contributed by atoms with E-state index in [1.165, 1.54) is 0 Å². The molecule has 0 radical (unpaired) electrons. The van der Waals surface area contributed by atoms with Crippen LogP contribution < -0.4 is 10.1 Å². The molecule has 0 bridgehead atoms. The first-order chi connectivity index (χ1) is 15.9. The largest absolute Gasteiger partial charge is 0.491 e. The fourth-order valence-corrected chi connectivity index (χ4v) is 4.13. The number of H-pyrrole nitrogens is 1. The zero-order chi connectivity index (χ0) is 23.0. The number of fused-ring (bicyclic) bond motifs is 5. The number of hydrogen-bond donors (Lipinski definition) is 3. The van der Waals surface area contributed by atoms with Gasteiger partial charge in [0.25, 0.3) is 5.91 Å². The maximum Gasteiger partial charge on any atom is 0.253 e. The summed E-state index contributed by atoms with van der Waals surface area (Å²) in [6, 6.07) is 13.9. The van der Waals surface area contributed by atoms with Crippen LogP contribution in [0.25, 0.3) is 33.8 Å². The molecule has 1 amide bonds. The molecule has 0 saturated carbocycles. The summed E-state index contributed by atoms with van der Waals surface area (Å²) in [5.74, 6) is 0.696. The second-order valence-corrected chi connectivity index (χ2v) is 9.15. The fourth-order valence-electron chi connectivity index (χ4n) is 4.13. The van der Waals surface area contributed by atoms with E-state index in [-0.39, 0.29) is 12.5 Å². The van der Waals surface area contributed by atoms with Gasteiger partial charge >= 0.3 is 0 Å². The second kappa shape index (κ2) is 8.37. The Balaban J connectivity index is 1.43. The zero-order valence-electron chi connectivity index (χ0n) is 18.8. The van der Waals surface area contributed by atoms with Crippen LogP contribution in [-0.2, 0) is 6.42 Å². The number of aromatic amines is 1. The highest BCUT2D eigenvalue weighted by Gasteiger charge is 2.22. The van der Waals surface area contributed by atoms with Crippen molar-refractivity contribution >= 4 is 39.7 Å². The predicted molar refractivity (Wildman–Crippen MR) is 131 cm³/mol. The van der Waals surface area contributed by atoms with Gasteiger partial charge < -0.3 is 20.1 Å². The number of hydrogen-bond acceptors (Lipinski definition) is 4. The van der Waals surface area contributed by atoms with Gasteiger partial charge in [-0.15, -0.1) is 0 Å². The highest BCUT2D eigenvalue weighted by Crippen LogP contribution is 2.31. The smallest absolute Gasteiger partial charge is 0.253 e. The Morgan fingerprint density at radius 3 is 2.73 bits per heavy atom. The van der Waals surface area contributed by atoms with Crippen LogP contribution in [0.15, 0.2) is 48.7 Å². The lowest BCUT2D eigenvalue weighted by Gasteiger charge is -2.17. The van der Waals surface area contributed by atoms with Crippen molar-refractivity contribution in [3.05, 3.63) is 71.2 Å². The van der Waals surface area contributed by atoms with Gasteiger partial charge in [0.05, 0.1) is 22.4 Å². The minimum atomic E-state index is -0.866. The summed E-state index contributed by atoms with van der Waals surface area (Å²) in [7, 11) is 0. The number of amides is 1. The molecular weight excluding hydrogens is 414 g/mol. The quantitative estimate of drug-likeness (QED) is 0.419. The number of aliphatic hydroxyl groups is 1. The molecule has 0 fully saturated rings. The molecule has 5 rings (SSSR count). The number of rotatable bonds is 5. The van der Waals surface area contributed by atoms with Crippen molar-refractivity contribution in [3.8, 4) is 5.75 Å². The first-order valence-corrected chi connectivity index (χ1v) is 11.2. The van der Waals surface area contributed by atoms with Crippen LogP contribution in [0.2, 0.25) is 0 Å². The summed E-state index contributed by atoms with van der Waals surface area (Å²) >= 11 is 0. The third-order valence-corrected chi connectivity index (χ3v) is 5.78. The second-order valence-electron chi connectivity index (χ2n) is 9.15. The molecule has 1 aliphatic heterocycles. The van der Waals surface area contributed by atoms with E-state index in [0.717, 1.165) is 62.8 Å². The summed E-state index contributed by atoms with van der Waals surface area (Å²) in [4.78, 5) is 20.8. The van der Waals surface area contributed by atoms with Gasteiger partial charge in [-0.1, -0.05) is 30.3 Å². The van der Waals surface area contributed by atoms with Gasteiger partial charge in [0.2, 0.25) is 0 Å². The first-order valence-electron chi connectivity index (χ1n) is 11.2. The van der Waals surface area contributed by atoms with Crippen molar-refractivity contribution in [3.63, 3.8) is 0 Å². The van der Waals surface area contributed by atoms with Crippen molar-refractivity contribution in [1.82, 2.24) is 15.3 Å². The van der Waals surface area contributed by atoms with Gasteiger partial charge in [0.15, 0.2) is 0 Å². The monoisotopic (exact) mass is 441 g/mol. The van der Waals surface area contributed by atoms with E-state index in [4.69, 9.17) is 9.72 Å². The summed E-state index contributed by atoms with van der Waals surface area (Å²) < 4.78 is 5.61. The Bertz CT molecular complexity index is 1360. The van der Waals surface area contributed by atoms with Gasteiger partial charge in [-0.2, -0.15) is 0 Å². The molecule has 3 N–H and O–H groups in total. The van der Waals surface area contributed by atoms with E-state index in [1.54, 1.807) is 13.8 Å². The Morgan fingerprint density at radius 1 is 1.12 bits per heavy atom. The van der Waals surface area contributed by atoms with Crippen LogP contribution in [0.5, 0.6) is 5.75 Å². The highest BCUT2D eigenvalue weighted by molar-refractivity contribution is 6.15. The number of nitrogens with zero attached hydrogens (tertiary/aromatic N) is 1. The van der Waals surface area contributed by atoms with Gasteiger partial charge in [0, 0.05) is 29.2 Å². The molecule has 2 aromatic carbocycles. The molecule has 0 atom stereocenters. The van der Waals surface area contributed by atoms with Crippen molar-refractivity contribution in [2.45, 2.75) is 32.3 Å². The average Bonchev–Trinajstić information content (AvgIpc) is 3.08. The molecule has 0 aliphatic carbocycles. The zero-order valence-corrected chi connectivity index (χ0v) is 18.8. The summed E-state index contributed by atoms with van der Waals surface area (Å²) in [5, 5.41) is 15.8. The van der Waals surface area contributed by atoms with Gasteiger partial charge in [-0.25, -0.2) is 0 Å².